The third-order valence-electron chi connectivity index (χ3n) is 5.97. The molecule has 3 aromatic carbocycles. The smallest absolute Gasteiger partial charge is 0.264 e. The van der Waals surface area contributed by atoms with E-state index in [9.17, 15) is 17.6 Å². The van der Waals surface area contributed by atoms with Crippen LogP contribution >= 0.6 is 11.6 Å². The third kappa shape index (κ3) is 5.79. The second kappa shape index (κ2) is 11.2. The molecule has 0 saturated carbocycles. The van der Waals surface area contributed by atoms with Gasteiger partial charge in [0, 0.05) is 27.7 Å². The van der Waals surface area contributed by atoms with E-state index in [4.69, 9.17) is 11.6 Å². The van der Waals surface area contributed by atoms with Gasteiger partial charge in [0.05, 0.1) is 16.8 Å². The Labute approximate surface area is 226 Å². The average molecular weight is 553 g/mol. The monoisotopic (exact) mass is 552 g/mol. The lowest BCUT2D eigenvalue weighted by atomic mass is 10.2. The number of nitrogens with zero attached hydrogens (tertiary/aromatic N) is 3. The van der Waals surface area contributed by atoms with Crippen molar-refractivity contribution in [2.45, 2.75) is 25.7 Å². The summed E-state index contributed by atoms with van der Waals surface area (Å²) in [4.78, 5) is 12.7. The number of benzene rings is 3. The number of aromatic nitrogens is 1. The summed E-state index contributed by atoms with van der Waals surface area (Å²) < 4.78 is 44.2. The molecule has 0 aliphatic carbocycles. The van der Waals surface area contributed by atoms with Gasteiger partial charge in [0.2, 0.25) is 0 Å². The Morgan fingerprint density at radius 1 is 1.03 bits per heavy atom. The van der Waals surface area contributed by atoms with E-state index in [-0.39, 0.29) is 10.6 Å². The molecule has 4 rings (SSSR count). The van der Waals surface area contributed by atoms with Crippen LogP contribution in [0, 0.1) is 26.6 Å². The predicted molar refractivity (Wildman–Crippen MR) is 148 cm³/mol. The first-order valence-electron chi connectivity index (χ1n) is 11.7. The predicted octanol–water partition coefficient (Wildman–Crippen LogP) is 5.54. The number of amides is 1. The number of sulfonamides is 1. The van der Waals surface area contributed by atoms with E-state index in [0.29, 0.717) is 5.02 Å². The van der Waals surface area contributed by atoms with E-state index in [1.54, 1.807) is 24.3 Å². The van der Waals surface area contributed by atoms with Gasteiger partial charge in [-0.15, -0.1) is 0 Å². The zero-order chi connectivity index (χ0) is 27.4. The molecule has 1 heterocycles. The molecule has 0 atom stereocenters. The van der Waals surface area contributed by atoms with Crippen molar-refractivity contribution in [3.05, 3.63) is 112 Å². The molecule has 0 unspecified atom stereocenters. The number of hydrogen-bond donors (Lipinski definition) is 1. The van der Waals surface area contributed by atoms with Crippen molar-refractivity contribution >= 4 is 39.4 Å². The van der Waals surface area contributed by atoms with E-state index in [1.165, 1.54) is 36.5 Å². The topological polar surface area (TPSA) is 83.8 Å². The van der Waals surface area contributed by atoms with Crippen LogP contribution < -0.4 is 9.73 Å². The largest absolute Gasteiger partial charge is 0.318 e. The quantitative estimate of drug-likeness (QED) is 0.230. The maximum Gasteiger partial charge on any atom is 0.264 e. The number of carbonyl (C=O) groups excluding carboxylic acids is 1. The van der Waals surface area contributed by atoms with Crippen molar-refractivity contribution in [2.24, 2.45) is 5.10 Å². The van der Waals surface area contributed by atoms with E-state index in [1.807, 2.05) is 43.5 Å². The number of halogens is 2. The SMILES string of the molecule is Cc1ccc(S(=O)(=O)N(CC(=O)N/N=C/c2cc(C)n(-c3ccc(Cl)cc3)c2C)c2ccccc2F)cc1. The maximum absolute atomic E-state index is 14.6. The molecule has 0 aliphatic heterocycles. The molecule has 0 radical (unpaired) electrons. The number of para-hydroxylation sites is 1. The second-order valence-electron chi connectivity index (χ2n) is 8.71. The van der Waals surface area contributed by atoms with Crippen molar-refractivity contribution in [1.82, 2.24) is 9.99 Å². The number of anilines is 1. The van der Waals surface area contributed by atoms with Crippen LogP contribution in [0.2, 0.25) is 5.02 Å². The number of aryl methyl sites for hydroxylation is 2. The van der Waals surface area contributed by atoms with Crippen LogP contribution in [0.25, 0.3) is 5.69 Å². The van der Waals surface area contributed by atoms with E-state index < -0.39 is 28.3 Å². The van der Waals surface area contributed by atoms with Crippen molar-refractivity contribution in [3.8, 4) is 5.69 Å². The Balaban J connectivity index is 1.56. The van der Waals surface area contributed by atoms with Gasteiger partial charge in [0.15, 0.2) is 0 Å². The standard InChI is InChI=1S/C28H26ClFN4O3S/c1-19-8-14-25(15-9-19)38(36,37)33(27-7-5-4-6-26(27)30)18-28(35)32-31-17-22-16-20(2)34(21(22)3)24-12-10-23(29)11-13-24/h4-17H,18H2,1-3H3,(H,32,35)/b31-17+. The summed E-state index contributed by atoms with van der Waals surface area (Å²) in [6, 6.07) is 20.8. The highest BCUT2D eigenvalue weighted by Crippen LogP contribution is 2.26. The van der Waals surface area contributed by atoms with Gasteiger partial charge in [-0.2, -0.15) is 5.10 Å². The summed E-state index contributed by atoms with van der Waals surface area (Å²) in [5.41, 5.74) is 6.51. The molecule has 0 spiro atoms. The summed E-state index contributed by atoms with van der Waals surface area (Å²) in [6.07, 6.45) is 1.48. The number of carbonyl (C=O) groups is 1. The van der Waals surface area contributed by atoms with Crippen LogP contribution in [0.3, 0.4) is 0 Å². The molecule has 0 fully saturated rings. The minimum Gasteiger partial charge on any atom is -0.318 e. The number of hydrogen-bond acceptors (Lipinski definition) is 4. The van der Waals surface area contributed by atoms with Crippen molar-refractivity contribution in [2.75, 3.05) is 10.8 Å². The van der Waals surface area contributed by atoms with Gasteiger partial charge < -0.3 is 4.57 Å². The van der Waals surface area contributed by atoms with Gasteiger partial charge in [-0.25, -0.2) is 18.2 Å². The van der Waals surface area contributed by atoms with Crippen molar-refractivity contribution in [1.29, 1.82) is 0 Å². The van der Waals surface area contributed by atoms with Gasteiger partial charge in [-0.1, -0.05) is 41.4 Å². The van der Waals surface area contributed by atoms with E-state index >= 15 is 0 Å². The third-order valence-corrected chi connectivity index (χ3v) is 7.99. The van der Waals surface area contributed by atoms with Gasteiger partial charge in [0.1, 0.15) is 12.4 Å². The molecule has 0 aliphatic rings. The van der Waals surface area contributed by atoms with Crippen molar-refractivity contribution < 1.29 is 17.6 Å². The Bertz CT molecular complexity index is 1600. The molecule has 10 heteroatoms. The number of rotatable bonds is 8. The first-order valence-corrected chi connectivity index (χ1v) is 13.5. The van der Waals surface area contributed by atoms with Gasteiger partial charge in [-0.3, -0.25) is 9.10 Å². The second-order valence-corrected chi connectivity index (χ2v) is 11.0. The summed E-state index contributed by atoms with van der Waals surface area (Å²) >= 11 is 6.00. The maximum atomic E-state index is 14.6. The fourth-order valence-electron chi connectivity index (χ4n) is 4.04. The number of hydrazone groups is 1. The molecule has 7 nitrogen and oxygen atoms in total. The lowest BCUT2D eigenvalue weighted by Gasteiger charge is -2.24. The molecule has 4 aromatic rings. The first-order chi connectivity index (χ1) is 18.1. The summed E-state index contributed by atoms with van der Waals surface area (Å²) in [6.45, 7) is 5.01. The highest BCUT2D eigenvalue weighted by atomic mass is 35.5. The van der Waals surface area contributed by atoms with Crippen LogP contribution in [0.4, 0.5) is 10.1 Å². The lowest BCUT2D eigenvalue weighted by molar-refractivity contribution is -0.119. The highest BCUT2D eigenvalue weighted by Gasteiger charge is 2.29. The summed E-state index contributed by atoms with van der Waals surface area (Å²) in [7, 11) is -4.24. The highest BCUT2D eigenvalue weighted by molar-refractivity contribution is 7.92. The molecule has 38 heavy (non-hydrogen) atoms. The fourth-order valence-corrected chi connectivity index (χ4v) is 5.59. The molecule has 1 N–H and O–H groups in total. The van der Waals surface area contributed by atoms with Crippen LogP contribution in [0.5, 0.6) is 0 Å². The Kier molecular flexibility index (Phi) is 7.99. The van der Waals surface area contributed by atoms with Crippen molar-refractivity contribution in [3.63, 3.8) is 0 Å². The minimum atomic E-state index is -4.24. The Hall–Kier alpha value is -3.95. The molecule has 0 saturated heterocycles. The molecule has 196 valence electrons. The molecule has 1 amide bonds. The minimum absolute atomic E-state index is 0.0581. The number of nitrogens with one attached hydrogen (secondary N) is 1. The van der Waals surface area contributed by atoms with Gasteiger partial charge in [0.25, 0.3) is 15.9 Å². The molecule has 0 bridgehead atoms. The van der Waals surface area contributed by atoms with Gasteiger partial charge in [-0.05, 0) is 75.4 Å². The summed E-state index contributed by atoms with van der Waals surface area (Å²) in [5, 5.41) is 4.66. The lowest BCUT2D eigenvalue weighted by Crippen LogP contribution is -2.40. The van der Waals surface area contributed by atoms with Crippen LogP contribution in [-0.2, 0) is 14.8 Å². The Morgan fingerprint density at radius 2 is 1.68 bits per heavy atom. The molecular formula is C28H26ClFN4O3S. The van der Waals surface area contributed by atoms with E-state index in [0.717, 1.165) is 38.6 Å². The van der Waals surface area contributed by atoms with Crippen LogP contribution in [0.1, 0.15) is 22.5 Å². The first kappa shape index (κ1) is 27.1. The average Bonchev–Trinajstić information content (AvgIpc) is 3.16. The fraction of sp³-hybridized carbons (Fsp3) is 0.143. The normalized spacial score (nSPS) is 11.6. The molecule has 1 aromatic heterocycles. The van der Waals surface area contributed by atoms with Crippen LogP contribution in [0.15, 0.2) is 88.9 Å². The zero-order valence-electron chi connectivity index (χ0n) is 21.0. The van der Waals surface area contributed by atoms with Gasteiger partial charge >= 0.3 is 0 Å². The van der Waals surface area contributed by atoms with E-state index in [2.05, 4.69) is 10.5 Å². The molecular weight excluding hydrogens is 527 g/mol. The van der Waals surface area contributed by atoms with Crippen LogP contribution in [-0.4, -0.2) is 31.7 Å². The summed E-state index contributed by atoms with van der Waals surface area (Å²) in [5.74, 6) is -1.50. The Morgan fingerprint density at radius 3 is 2.34 bits per heavy atom. The zero-order valence-corrected chi connectivity index (χ0v) is 22.6.